The number of carbonyl (C=O) groups is 2. The Labute approximate surface area is 156 Å². The minimum atomic E-state index is -3.74. The van der Waals surface area contributed by atoms with Crippen molar-refractivity contribution in [3.63, 3.8) is 0 Å². The molecule has 2 rings (SSSR count). The lowest BCUT2D eigenvalue weighted by atomic mass is 10.3. The monoisotopic (exact) mass is 396 g/mol. The summed E-state index contributed by atoms with van der Waals surface area (Å²) >= 11 is 1.08. The van der Waals surface area contributed by atoms with Crippen LogP contribution in [-0.4, -0.2) is 45.1 Å². The van der Waals surface area contributed by atoms with Crippen LogP contribution in [0.2, 0.25) is 0 Å². The van der Waals surface area contributed by atoms with Gasteiger partial charge in [0.15, 0.2) is 5.78 Å². The van der Waals surface area contributed by atoms with Gasteiger partial charge in [0.05, 0.1) is 16.4 Å². The lowest BCUT2D eigenvalue weighted by molar-refractivity contribution is 0.101. The zero-order valence-corrected chi connectivity index (χ0v) is 16.5. The minimum absolute atomic E-state index is 0.0299. The fourth-order valence-electron chi connectivity index (χ4n) is 2.10. The summed E-state index contributed by atoms with van der Waals surface area (Å²) in [5, 5.41) is 2.65. The van der Waals surface area contributed by atoms with Crippen LogP contribution in [0.4, 0.5) is 5.69 Å². The molecule has 0 aliphatic carbocycles. The number of rotatable bonds is 7. The number of Topliss-reactive ketones (excluding diaryl/α,β-unsaturated/α-hetero) is 1. The van der Waals surface area contributed by atoms with E-state index in [1.807, 2.05) is 0 Å². The number of nitrogens with zero attached hydrogens (tertiary/aromatic N) is 1. The van der Waals surface area contributed by atoms with Gasteiger partial charge in [-0.15, -0.1) is 11.3 Å². The van der Waals surface area contributed by atoms with Gasteiger partial charge in [-0.05, 0) is 44.2 Å². The maximum absolute atomic E-state index is 12.5. The molecule has 0 atom stereocenters. The number of hydrogen-bond donors (Lipinski definition) is 1. The summed E-state index contributed by atoms with van der Waals surface area (Å²) in [7, 11) is -0.901. The van der Waals surface area contributed by atoms with E-state index in [0.29, 0.717) is 22.0 Å². The van der Waals surface area contributed by atoms with Crippen LogP contribution >= 0.6 is 11.3 Å². The first-order chi connectivity index (χ1) is 12.2. The van der Waals surface area contributed by atoms with E-state index in [-0.39, 0.29) is 16.4 Å². The second kappa shape index (κ2) is 7.98. The molecule has 2 aromatic rings. The van der Waals surface area contributed by atoms with E-state index in [0.717, 1.165) is 15.6 Å². The van der Waals surface area contributed by atoms with Crippen LogP contribution in [0, 0.1) is 0 Å². The second-order valence-corrected chi connectivity index (χ2v) is 8.76. The van der Waals surface area contributed by atoms with Crippen LogP contribution < -0.4 is 10.1 Å². The highest BCUT2D eigenvalue weighted by atomic mass is 32.2. The maximum atomic E-state index is 12.5. The van der Waals surface area contributed by atoms with Gasteiger partial charge in [-0.25, -0.2) is 12.7 Å². The summed E-state index contributed by atoms with van der Waals surface area (Å²) < 4.78 is 31.5. The number of thiophene rings is 1. The third-order valence-electron chi connectivity index (χ3n) is 3.44. The Morgan fingerprint density at radius 3 is 2.35 bits per heavy atom. The van der Waals surface area contributed by atoms with Crippen molar-refractivity contribution in [1.29, 1.82) is 0 Å². The van der Waals surface area contributed by atoms with Gasteiger partial charge in [0.25, 0.3) is 5.91 Å². The molecule has 0 aliphatic heterocycles. The fourth-order valence-corrected chi connectivity index (χ4v) is 3.95. The standard InChI is InChI=1S/C17H20N2O5S2/c1-5-24-13-7-6-12(10-16(13)26(22,23)19(3)4)18-17(21)15-9-8-14(25-15)11(2)20/h6-10H,5H2,1-4H3,(H,18,21). The molecule has 0 saturated carbocycles. The molecule has 0 spiro atoms. The van der Waals surface area contributed by atoms with Gasteiger partial charge in [0, 0.05) is 19.8 Å². The largest absolute Gasteiger partial charge is 0.492 e. The van der Waals surface area contributed by atoms with Gasteiger partial charge < -0.3 is 10.1 Å². The minimum Gasteiger partial charge on any atom is -0.492 e. The maximum Gasteiger partial charge on any atom is 0.265 e. The number of ether oxygens (including phenoxy) is 1. The molecule has 0 radical (unpaired) electrons. The van der Waals surface area contributed by atoms with E-state index in [1.165, 1.54) is 33.2 Å². The van der Waals surface area contributed by atoms with Gasteiger partial charge in [0.1, 0.15) is 10.6 Å². The Hall–Kier alpha value is -2.23. The highest BCUT2D eigenvalue weighted by molar-refractivity contribution is 7.89. The van der Waals surface area contributed by atoms with E-state index in [2.05, 4.69) is 5.32 Å². The van der Waals surface area contributed by atoms with Crippen LogP contribution in [0.5, 0.6) is 5.75 Å². The van der Waals surface area contributed by atoms with Gasteiger partial charge in [-0.2, -0.15) is 0 Å². The molecular weight excluding hydrogens is 376 g/mol. The summed E-state index contributed by atoms with van der Waals surface area (Å²) in [6.07, 6.45) is 0. The zero-order chi connectivity index (χ0) is 19.5. The Morgan fingerprint density at radius 1 is 1.15 bits per heavy atom. The summed E-state index contributed by atoms with van der Waals surface area (Å²) in [6, 6.07) is 7.57. The van der Waals surface area contributed by atoms with E-state index in [1.54, 1.807) is 25.1 Å². The number of amides is 1. The summed E-state index contributed by atoms with van der Waals surface area (Å²) in [6.45, 7) is 3.49. The molecule has 1 aromatic heterocycles. The van der Waals surface area contributed by atoms with Gasteiger partial charge in [0.2, 0.25) is 10.0 Å². The van der Waals surface area contributed by atoms with E-state index < -0.39 is 15.9 Å². The molecule has 1 amide bonds. The summed E-state index contributed by atoms with van der Waals surface area (Å²) in [5.41, 5.74) is 0.316. The average molecular weight is 396 g/mol. The third-order valence-corrected chi connectivity index (χ3v) is 6.46. The predicted molar refractivity (Wildman–Crippen MR) is 101 cm³/mol. The SMILES string of the molecule is CCOc1ccc(NC(=O)c2ccc(C(C)=O)s2)cc1S(=O)(=O)N(C)C. The fraction of sp³-hybridized carbons (Fsp3) is 0.294. The number of hydrogen-bond acceptors (Lipinski definition) is 6. The first-order valence-corrected chi connectivity index (χ1v) is 10.0. The first-order valence-electron chi connectivity index (χ1n) is 7.78. The molecule has 0 aliphatic rings. The van der Waals surface area contributed by atoms with Crippen molar-refractivity contribution in [1.82, 2.24) is 4.31 Å². The predicted octanol–water partition coefficient (Wildman–Crippen LogP) is 2.85. The molecule has 0 bridgehead atoms. The molecule has 0 fully saturated rings. The van der Waals surface area contributed by atoms with E-state index in [9.17, 15) is 18.0 Å². The van der Waals surface area contributed by atoms with Crippen LogP contribution in [0.3, 0.4) is 0 Å². The van der Waals surface area contributed by atoms with Crippen molar-refractivity contribution in [2.45, 2.75) is 18.7 Å². The van der Waals surface area contributed by atoms with Crippen molar-refractivity contribution in [2.75, 3.05) is 26.0 Å². The lowest BCUT2D eigenvalue weighted by Gasteiger charge is -2.16. The Balaban J connectivity index is 2.35. The number of anilines is 1. The first kappa shape index (κ1) is 20.1. The quantitative estimate of drug-likeness (QED) is 0.727. The highest BCUT2D eigenvalue weighted by Crippen LogP contribution is 2.29. The van der Waals surface area contributed by atoms with E-state index >= 15 is 0 Å². The van der Waals surface area contributed by atoms with Crippen LogP contribution in [0.1, 0.15) is 33.2 Å². The normalized spacial score (nSPS) is 11.4. The number of ketones is 1. The van der Waals surface area contributed by atoms with Crippen LogP contribution in [0.25, 0.3) is 0 Å². The Bertz CT molecular complexity index is 932. The Morgan fingerprint density at radius 2 is 1.81 bits per heavy atom. The average Bonchev–Trinajstić information content (AvgIpc) is 3.06. The van der Waals surface area contributed by atoms with Gasteiger partial charge in [-0.1, -0.05) is 0 Å². The molecule has 9 heteroatoms. The van der Waals surface area contributed by atoms with Crippen molar-refractivity contribution >= 4 is 38.7 Å². The number of nitrogens with one attached hydrogen (secondary N) is 1. The summed E-state index contributed by atoms with van der Waals surface area (Å²) in [5.74, 6) is -0.316. The van der Waals surface area contributed by atoms with E-state index in [4.69, 9.17) is 4.74 Å². The van der Waals surface area contributed by atoms with Crippen molar-refractivity contribution in [3.8, 4) is 5.75 Å². The number of carbonyl (C=O) groups excluding carboxylic acids is 2. The van der Waals surface area contributed by atoms with Crippen molar-refractivity contribution < 1.29 is 22.7 Å². The highest BCUT2D eigenvalue weighted by Gasteiger charge is 2.23. The zero-order valence-electron chi connectivity index (χ0n) is 14.9. The van der Waals surface area contributed by atoms with Gasteiger partial charge >= 0.3 is 0 Å². The topological polar surface area (TPSA) is 92.8 Å². The van der Waals surface area contributed by atoms with Crippen molar-refractivity contribution in [3.05, 3.63) is 40.1 Å². The molecule has 1 N–H and O–H groups in total. The molecule has 1 aromatic carbocycles. The van der Waals surface area contributed by atoms with Crippen molar-refractivity contribution in [2.24, 2.45) is 0 Å². The van der Waals surface area contributed by atoms with Crippen LogP contribution in [-0.2, 0) is 10.0 Å². The Kier molecular flexibility index (Phi) is 6.17. The molecule has 140 valence electrons. The third kappa shape index (κ3) is 4.29. The number of sulfonamides is 1. The molecular formula is C17H20N2O5S2. The molecule has 7 nitrogen and oxygen atoms in total. The van der Waals surface area contributed by atoms with Crippen LogP contribution in [0.15, 0.2) is 35.2 Å². The molecule has 0 saturated heterocycles. The van der Waals surface area contributed by atoms with Gasteiger partial charge in [-0.3, -0.25) is 9.59 Å². The molecule has 1 heterocycles. The molecule has 26 heavy (non-hydrogen) atoms. The number of benzene rings is 1. The lowest BCUT2D eigenvalue weighted by Crippen LogP contribution is -2.23. The summed E-state index contributed by atoms with van der Waals surface area (Å²) in [4.78, 5) is 24.5. The smallest absolute Gasteiger partial charge is 0.265 e. The molecule has 0 unspecified atom stereocenters. The second-order valence-electron chi connectivity index (χ2n) is 5.56.